The van der Waals surface area contributed by atoms with Crippen LogP contribution >= 0.6 is 0 Å². The molecule has 0 radical (unpaired) electrons. The molecule has 0 spiro atoms. The number of aromatic nitrogens is 3. The lowest BCUT2D eigenvalue weighted by molar-refractivity contribution is -0.392. The van der Waals surface area contributed by atoms with Crippen molar-refractivity contribution >= 4 is 11.8 Å². The molecule has 0 atom stereocenters. The van der Waals surface area contributed by atoms with E-state index in [0.717, 1.165) is 0 Å². The monoisotopic (exact) mass is 292 g/mol. The van der Waals surface area contributed by atoms with E-state index in [-0.39, 0.29) is 30.4 Å². The lowest BCUT2D eigenvalue weighted by Crippen LogP contribution is -2.12. The van der Waals surface area contributed by atoms with Crippen molar-refractivity contribution in [3.05, 3.63) is 46.0 Å². The summed E-state index contributed by atoms with van der Waals surface area (Å²) in [4.78, 5) is 28.7. The molecule has 1 N–H and O–H groups in total. The maximum atomic E-state index is 10.8. The van der Waals surface area contributed by atoms with E-state index >= 15 is 0 Å². The number of pyridine rings is 1. The van der Waals surface area contributed by atoms with E-state index in [1.54, 1.807) is 6.92 Å². The Kier molecular flexibility index (Phi) is 4.12. The van der Waals surface area contributed by atoms with Crippen LogP contribution in [0.2, 0.25) is 0 Å². The molecule has 21 heavy (non-hydrogen) atoms. The third-order valence-electron chi connectivity index (χ3n) is 2.77. The van der Waals surface area contributed by atoms with E-state index in [2.05, 4.69) is 9.97 Å². The topological polar surface area (TPSA) is 120 Å². The molecule has 0 bridgehead atoms. The molecule has 0 aliphatic carbocycles. The van der Waals surface area contributed by atoms with Crippen LogP contribution in [0.4, 0.5) is 5.82 Å². The summed E-state index contributed by atoms with van der Waals surface area (Å²) in [6.07, 6.45) is 2.37. The highest BCUT2D eigenvalue weighted by molar-refractivity contribution is 5.87. The van der Waals surface area contributed by atoms with Crippen molar-refractivity contribution < 1.29 is 19.6 Å². The summed E-state index contributed by atoms with van der Waals surface area (Å²) in [7, 11) is 0. The van der Waals surface area contributed by atoms with Gasteiger partial charge >= 0.3 is 11.8 Å². The number of carboxylic acid groups (broad SMARTS) is 1. The minimum atomic E-state index is -1.07. The first-order valence-corrected chi connectivity index (χ1v) is 5.97. The molecule has 2 rings (SSSR count). The predicted octanol–water partition coefficient (Wildman–Crippen LogP) is 1.27. The number of rotatable bonds is 6. The third kappa shape index (κ3) is 3.32. The minimum Gasteiger partial charge on any atom is -0.478 e. The molecule has 0 saturated heterocycles. The number of ether oxygens (including phenoxy) is 1. The Hall–Kier alpha value is -2.97. The lowest BCUT2D eigenvalue weighted by Gasteiger charge is -2.05. The SMILES string of the molecule is Cc1ncc([N+](=O)[O-])n1CCOc1ccc(C(=O)O)cn1. The van der Waals surface area contributed by atoms with Crippen molar-refractivity contribution in [1.29, 1.82) is 0 Å². The second kappa shape index (κ2) is 5.99. The normalized spacial score (nSPS) is 10.3. The smallest absolute Gasteiger partial charge is 0.342 e. The molecule has 2 aromatic rings. The molecular formula is C12H12N4O5. The minimum absolute atomic E-state index is 0.0587. The second-order valence-electron chi connectivity index (χ2n) is 4.11. The summed E-state index contributed by atoms with van der Waals surface area (Å²) in [5, 5.41) is 19.5. The average molecular weight is 292 g/mol. The van der Waals surface area contributed by atoms with E-state index in [0.29, 0.717) is 5.82 Å². The maximum absolute atomic E-state index is 10.8. The van der Waals surface area contributed by atoms with Crippen LogP contribution in [-0.4, -0.2) is 37.1 Å². The number of nitrogens with zero attached hydrogens (tertiary/aromatic N) is 4. The summed E-state index contributed by atoms with van der Waals surface area (Å²) in [6.45, 7) is 2.05. The zero-order chi connectivity index (χ0) is 15.4. The van der Waals surface area contributed by atoms with Crippen molar-refractivity contribution in [3.63, 3.8) is 0 Å². The lowest BCUT2D eigenvalue weighted by atomic mass is 10.3. The van der Waals surface area contributed by atoms with Gasteiger partial charge in [0, 0.05) is 19.2 Å². The van der Waals surface area contributed by atoms with Gasteiger partial charge in [0.1, 0.15) is 19.3 Å². The highest BCUT2D eigenvalue weighted by Gasteiger charge is 2.17. The van der Waals surface area contributed by atoms with Gasteiger partial charge in [0.25, 0.3) is 0 Å². The average Bonchev–Trinajstić information content (AvgIpc) is 2.81. The van der Waals surface area contributed by atoms with Gasteiger partial charge in [-0.2, -0.15) is 0 Å². The number of imidazole rings is 1. The zero-order valence-electron chi connectivity index (χ0n) is 11.1. The molecule has 9 heteroatoms. The summed E-state index contributed by atoms with van der Waals surface area (Å²) in [5.41, 5.74) is 0.0587. The molecule has 0 fully saturated rings. The van der Waals surface area contributed by atoms with Gasteiger partial charge in [0.2, 0.25) is 5.88 Å². The molecule has 0 amide bonds. The molecule has 110 valence electrons. The Bertz CT molecular complexity index is 665. The van der Waals surface area contributed by atoms with Crippen LogP contribution < -0.4 is 4.74 Å². The standard InChI is InChI=1S/C12H12N4O5/c1-8-13-7-11(16(19)20)15(8)4-5-21-10-3-2-9(6-14-10)12(17)18/h2-3,6-7H,4-5H2,1H3,(H,17,18). The first kappa shape index (κ1) is 14.4. The van der Waals surface area contributed by atoms with E-state index in [1.165, 1.54) is 29.1 Å². The van der Waals surface area contributed by atoms with Gasteiger partial charge in [-0.1, -0.05) is 0 Å². The van der Waals surface area contributed by atoms with Gasteiger partial charge in [-0.3, -0.25) is 0 Å². The van der Waals surface area contributed by atoms with Crippen molar-refractivity contribution in [3.8, 4) is 5.88 Å². The van der Waals surface area contributed by atoms with Crippen LogP contribution in [0.5, 0.6) is 5.88 Å². The molecule has 2 heterocycles. The van der Waals surface area contributed by atoms with Gasteiger partial charge < -0.3 is 20.0 Å². The fraction of sp³-hybridized carbons (Fsp3) is 0.250. The van der Waals surface area contributed by atoms with Crippen LogP contribution in [0.3, 0.4) is 0 Å². The third-order valence-corrected chi connectivity index (χ3v) is 2.77. The number of aromatic carboxylic acids is 1. The number of aryl methyl sites for hydroxylation is 1. The molecule has 0 saturated carbocycles. The fourth-order valence-corrected chi connectivity index (χ4v) is 1.71. The first-order chi connectivity index (χ1) is 9.99. The zero-order valence-corrected chi connectivity index (χ0v) is 11.1. The maximum Gasteiger partial charge on any atom is 0.342 e. The predicted molar refractivity (Wildman–Crippen MR) is 70.3 cm³/mol. The van der Waals surface area contributed by atoms with E-state index in [9.17, 15) is 14.9 Å². The highest BCUT2D eigenvalue weighted by atomic mass is 16.6. The Morgan fingerprint density at radius 2 is 2.19 bits per heavy atom. The largest absolute Gasteiger partial charge is 0.478 e. The van der Waals surface area contributed by atoms with Crippen molar-refractivity contribution in [1.82, 2.24) is 14.5 Å². The van der Waals surface area contributed by atoms with E-state index in [1.807, 2.05) is 0 Å². The van der Waals surface area contributed by atoms with Crippen LogP contribution in [0.25, 0.3) is 0 Å². The van der Waals surface area contributed by atoms with Gasteiger partial charge in [-0.25, -0.2) is 19.3 Å². The molecule has 0 aliphatic rings. The van der Waals surface area contributed by atoms with Crippen molar-refractivity contribution in [2.45, 2.75) is 13.5 Å². The van der Waals surface area contributed by atoms with Gasteiger partial charge in [-0.15, -0.1) is 0 Å². The molecule has 0 aliphatic heterocycles. The van der Waals surface area contributed by atoms with Crippen LogP contribution in [0.1, 0.15) is 16.2 Å². The van der Waals surface area contributed by atoms with Crippen LogP contribution in [0, 0.1) is 17.0 Å². The summed E-state index contributed by atoms with van der Waals surface area (Å²) < 4.78 is 6.75. The Labute approximate surface area is 119 Å². The second-order valence-corrected chi connectivity index (χ2v) is 4.11. The quantitative estimate of drug-likeness (QED) is 0.628. The number of hydrogen-bond acceptors (Lipinski definition) is 6. The highest BCUT2D eigenvalue weighted by Crippen LogP contribution is 2.14. The van der Waals surface area contributed by atoms with Gasteiger partial charge in [0.15, 0.2) is 5.82 Å². The number of nitro groups is 1. The van der Waals surface area contributed by atoms with Crippen molar-refractivity contribution in [2.75, 3.05) is 6.61 Å². The summed E-state index contributed by atoms with van der Waals surface area (Å²) in [5.74, 6) is -0.413. The van der Waals surface area contributed by atoms with Gasteiger partial charge in [-0.05, 0) is 11.0 Å². The summed E-state index contributed by atoms with van der Waals surface area (Å²) >= 11 is 0. The molecule has 9 nitrogen and oxygen atoms in total. The fourth-order valence-electron chi connectivity index (χ4n) is 1.71. The summed E-state index contributed by atoms with van der Waals surface area (Å²) in [6, 6.07) is 2.80. The van der Waals surface area contributed by atoms with E-state index < -0.39 is 10.9 Å². The van der Waals surface area contributed by atoms with Crippen LogP contribution in [-0.2, 0) is 6.54 Å². The first-order valence-electron chi connectivity index (χ1n) is 5.97. The van der Waals surface area contributed by atoms with Crippen LogP contribution in [0.15, 0.2) is 24.5 Å². The molecular weight excluding hydrogens is 280 g/mol. The number of carbonyl (C=O) groups is 1. The number of hydrogen-bond donors (Lipinski definition) is 1. The van der Waals surface area contributed by atoms with Gasteiger partial charge in [0.05, 0.1) is 5.56 Å². The Morgan fingerprint density at radius 3 is 2.76 bits per heavy atom. The molecule has 2 aromatic heterocycles. The number of carboxylic acids is 1. The van der Waals surface area contributed by atoms with E-state index in [4.69, 9.17) is 9.84 Å². The Morgan fingerprint density at radius 1 is 1.43 bits per heavy atom. The van der Waals surface area contributed by atoms with Crippen molar-refractivity contribution in [2.24, 2.45) is 0 Å². The molecule has 0 aromatic carbocycles. The Balaban J connectivity index is 1.97. The molecule has 0 unspecified atom stereocenters.